The van der Waals surface area contributed by atoms with Crippen LogP contribution < -0.4 is 15.4 Å². The lowest BCUT2D eigenvalue weighted by atomic mass is 10.0. The van der Waals surface area contributed by atoms with Gasteiger partial charge in [0.15, 0.2) is 5.96 Å². The van der Waals surface area contributed by atoms with Crippen molar-refractivity contribution in [3.05, 3.63) is 29.8 Å². The van der Waals surface area contributed by atoms with Crippen molar-refractivity contribution in [3.63, 3.8) is 0 Å². The van der Waals surface area contributed by atoms with Crippen LogP contribution in [0, 0.1) is 0 Å². The summed E-state index contributed by atoms with van der Waals surface area (Å²) < 4.78 is 5.79. The predicted octanol–water partition coefficient (Wildman–Crippen LogP) is 2.95. The Morgan fingerprint density at radius 3 is 2.66 bits per heavy atom. The molecule has 2 rings (SSSR count). The summed E-state index contributed by atoms with van der Waals surface area (Å²) in [5.41, 5.74) is 1.22. The molecule has 1 heterocycles. The second-order valence-electron chi connectivity index (χ2n) is 8.24. The third kappa shape index (κ3) is 9.50. The van der Waals surface area contributed by atoms with Gasteiger partial charge < -0.3 is 25.2 Å². The van der Waals surface area contributed by atoms with E-state index in [0.717, 1.165) is 56.8 Å². The molecule has 1 aromatic rings. The maximum absolute atomic E-state index is 5.79. The van der Waals surface area contributed by atoms with E-state index in [-0.39, 0.29) is 0 Å². The van der Waals surface area contributed by atoms with Gasteiger partial charge in [0.1, 0.15) is 5.75 Å². The van der Waals surface area contributed by atoms with Gasteiger partial charge >= 0.3 is 0 Å². The first-order valence-electron chi connectivity index (χ1n) is 11.1. The number of hydrogen-bond donors (Lipinski definition) is 2. The Morgan fingerprint density at radius 2 is 1.97 bits per heavy atom. The zero-order chi connectivity index (χ0) is 20.9. The molecule has 6 nitrogen and oxygen atoms in total. The highest BCUT2D eigenvalue weighted by Crippen LogP contribution is 2.16. The standard InChI is InChI=1S/C23H41N5O/c1-20-9-5-6-16-28(20)17-7-14-25-23(24-2)26-19-21-10-12-22(13-11-21)29-18-8-15-27(3)4/h10-13,20H,5-9,14-19H2,1-4H3,(H2,24,25,26). The summed E-state index contributed by atoms with van der Waals surface area (Å²) in [6, 6.07) is 9.05. The van der Waals surface area contributed by atoms with Crippen LogP contribution in [0.5, 0.6) is 5.75 Å². The van der Waals surface area contributed by atoms with Crippen LogP contribution in [-0.4, -0.2) is 75.7 Å². The third-order valence-electron chi connectivity index (χ3n) is 5.48. The van der Waals surface area contributed by atoms with Crippen molar-refractivity contribution in [1.29, 1.82) is 0 Å². The van der Waals surface area contributed by atoms with E-state index in [0.29, 0.717) is 0 Å². The van der Waals surface area contributed by atoms with Gasteiger partial charge in [-0.25, -0.2) is 0 Å². The molecule has 0 amide bonds. The molecular formula is C23H41N5O. The van der Waals surface area contributed by atoms with Gasteiger partial charge in [0, 0.05) is 39.3 Å². The molecule has 1 aliphatic heterocycles. The maximum Gasteiger partial charge on any atom is 0.191 e. The van der Waals surface area contributed by atoms with Crippen LogP contribution in [0.3, 0.4) is 0 Å². The number of nitrogens with one attached hydrogen (secondary N) is 2. The van der Waals surface area contributed by atoms with Gasteiger partial charge in [-0.3, -0.25) is 4.99 Å². The van der Waals surface area contributed by atoms with Crippen LogP contribution in [0.15, 0.2) is 29.3 Å². The summed E-state index contributed by atoms with van der Waals surface area (Å²) in [4.78, 5) is 9.13. The van der Waals surface area contributed by atoms with Crippen molar-refractivity contribution in [3.8, 4) is 5.75 Å². The van der Waals surface area contributed by atoms with Crippen molar-refractivity contribution in [2.24, 2.45) is 4.99 Å². The molecule has 1 aliphatic rings. The predicted molar refractivity (Wildman–Crippen MR) is 123 cm³/mol. The van der Waals surface area contributed by atoms with E-state index in [1.54, 1.807) is 0 Å². The van der Waals surface area contributed by atoms with Crippen molar-refractivity contribution in [2.75, 3.05) is 53.9 Å². The molecule has 1 unspecified atom stereocenters. The number of ether oxygens (including phenoxy) is 1. The molecule has 2 N–H and O–H groups in total. The first-order chi connectivity index (χ1) is 14.1. The van der Waals surface area contributed by atoms with Crippen LogP contribution in [0.25, 0.3) is 0 Å². The number of piperidine rings is 1. The molecule has 6 heteroatoms. The van der Waals surface area contributed by atoms with Crippen LogP contribution in [-0.2, 0) is 6.54 Å². The number of nitrogens with zero attached hydrogens (tertiary/aromatic N) is 3. The summed E-state index contributed by atoms with van der Waals surface area (Å²) in [6.07, 6.45) is 6.26. The Balaban J connectivity index is 1.61. The van der Waals surface area contributed by atoms with Crippen LogP contribution in [0.4, 0.5) is 0 Å². The topological polar surface area (TPSA) is 52.1 Å². The normalized spacial score (nSPS) is 18.1. The number of aliphatic imine (C=N–C) groups is 1. The molecule has 0 bridgehead atoms. The second kappa shape index (κ2) is 13.4. The van der Waals surface area contributed by atoms with E-state index >= 15 is 0 Å². The van der Waals surface area contributed by atoms with E-state index in [1.807, 2.05) is 19.2 Å². The number of benzene rings is 1. The summed E-state index contributed by atoms with van der Waals surface area (Å²) in [6.45, 7) is 8.28. The Morgan fingerprint density at radius 1 is 1.17 bits per heavy atom. The molecule has 164 valence electrons. The number of hydrogen-bond acceptors (Lipinski definition) is 4. The summed E-state index contributed by atoms with van der Waals surface area (Å²) in [7, 11) is 5.99. The largest absolute Gasteiger partial charge is 0.494 e. The van der Waals surface area contributed by atoms with E-state index in [4.69, 9.17) is 4.74 Å². The van der Waals surface area contributed by atoms with Gasteiger partial charge in [-0.05, 0) is 70.9 Å². The molecule has 1 atom stereocenters. The molecule has 0 radical (unpaired) electrons. The number of rotatable bonds is 11. The van der Waals surface area contributed by atoms with Gasteiger partial charge in [-0.15, -0.1) is 0 Å². The Bertz CT molecular complexity index is 587. The van der Waals surface area contributed by atoms with Crippen LogP contribution >= 0.6 is 0 Å². The third-order valence-corrected chi connectivity index (χ3v) is 5.48. The lowest BCUT2D eigenvalue weighted by Crippen LogP contribution is -2.41. The lowest BCUT2D eigenvalue weighted by molar-refractivity contribution is 0.159. The monoisotopic (exact) mass is 403 g/mol. The average molecular weight is 404 g/mol. The van der Waals surface area contributed by atoms with Gasteiger partial charge in [-0.1, -0.05) is 18.6 Å². The number of likely N-dealkylation sites (tertiary alicyclic amines) is 1. The van der Waals surface area contributed by atoms with Crippen molar-refractivity contribution < 1.29 is 4.74 Å². The quantitative estimate of drug-likeness (QED) is 0.338. The molecule has 1 fully saturated rings. The van der Waals surface area contributed by atoms with Crippen molar-refractivity contribution in [1.82, 2.24) is 20.4 Å². The smallest absolute Gasteiger partial charge is 0.191 e. The highest BCUT2D eigenvalue weighted by Gasteiger charge is 2.17. The lowest BCUT2D eigenvalue weighted by Gasteiger charge is -2.33. The molecule has 1 saturated heterocycles. The Labute approximate surface area is 177 Å². The average Bonchev–Trinajstić information content (AvgIpc) is 2.72. The maximum atomic E-state index is 5.79. The fourth-order valence-electron chi connectivity index (χ4n) is 3.66. The molecule has 0 aliphatic carbocycles. The summed E-state index contributed by atoms with van der Waals surface area (Å²) >= 11 is 0. The number of guanidine groups is 1. The SMILES string of the molecule is CN=C(NCCCN1CCCCC1C)NCc1ccc(OCCCN(C)C)cc1. The molecule has 0 aromatic heterocycles. The van der Waals surface area contributed by atoms with Gasteiger partial charge in [0.2, 0.25) is 0 Å². The van der Waals surface area contributed by atoms with E-state index in [1.165, 1.54) is 37.9 Å². The van der Waals surface area contributed by atoms with Crippen LogP contribution in [0.1, 0.15) is 44.6 Å². The fourth-order valence-corrected chi connectivity index (χ4v) is 3.66. The Hall–Kier alpha value is -1.79. The first kappa shape index (κ1) is 23.5. The van der Waals surface area contributed by atoms with Gasteiger partial charge in [-0.2, -0.15) is 0 Å². The van der Waals surface area contributed by atoms with E-state index in [9.17, 15) is 0 Å². The minimum atomic E-state index is 0.737. The first-order valence-corrected chi connectivity index (χ1v) is 11.1. The van der Waals surface area contributed by atoms with E-state index in [2.05, 4.69) is 58.6 Å². The molecule has 0 spiro atoms. The second-order valence-corrected chi connectivity index (χ2v) is 8.24. The fraction of sp³-hybridized carbons (Fsp3) is 0.696. The highest BCUT2D eigenvalue weighted by molar-refractivity contribution is 5.79. The zero-order valence-electron chi connectivity index (χ0n) is 18.9. The minimum Gasteiger partial charge on any atom is -0.494 e. The molecule has 29 heavy (non-hydrogen) atoms. The van der Waals surface area contributed by atoms with E-state index < -0.39 is 0 Å². The Kier molecular flexibility index (Phi) is 10.9. The van der Waals surface area contributed by atoms with Crippen molar-refractivity contribution in [2.45, 2.75) is 51.6 Å². The van der Waals surface area contributed by atoms with Crippen molar-refractivity contribution >= 4 is 5.96 Å². The highest BCUT2D eigenvalue weighted by atomic mass is 16.5. The van der Waals surface area contributed by atoms with Crippen LogP contribution in [0.2, 0.25) is 0 Å². The summed E-state index contributed by atoms with van der Waals surface area (Å²) in [5.74, 6) is 1.79. The van der Waals surface area contributed by atoms with Gasteiger partial charge in [0.05, 0.1) is 6.61 Å². The van der Waals surface area contributed by atoms with Gasteiger partial charge in [0.25, 0.3) is 0 Å². The minimum absolute atomic E-state index is 0.737. The molecular weight excluding hydrogens is 362 g/mol. The zero-order valence-corrected chi connectivity index (χ0v) is 18.9. The summed E-state index contributed by atoms with van der Waals surface area (Å²) in [5, 5.41) is 6.83. The molecule has 1 aromatic carbocycles. The molecule has 0 saturated carbocycles.